The molecule has 0 aliphatic carbocycles. The summed E-state index contributed by atoms with van der Waals surface area (Å²) < 4.78 is 0. The van der Waals surface area contributed by atoms with Crippen LogP contribution in [0.5, 0.6) is 0 Å². The molecule has 3 N–H and O–H groups in total. The molecule has 140 valence electrons. The van der Waals surface area contributed by atoms with Gasteiger partial charge in [0.1, 0.15) is 6.04 Å². The van der Waals surface area contributed by atoms with E-state index >= 15 is 0 Å². The molecule has 0 radical (unpaired) electrons. The molecular weight excluding hydrogens is 383 g/mol. The number of benzene rings is 2. The second-order valence-corrected chi connectivity index (χ2v) is 7.15. The van der Waals surface area contributed by atoms with Crippen molar-refractivity contribution >= 4 is 41.4 Å². The molecule has 5 nitrogen and oxygen atoms in total. The number of nitrogens with zero attached hydrogens (tertiary/aromatic N) is 1. The Morgan fingerprint density at radius 2 is 1.93 bits per heavy atom. The fourth-order valence-corrected chi connectivity index (χ4v) is 3.11. The average molecular weight is 403 g/mol. The van der Waals surface area contributed by atoms with E-state index in [1.165, 1.54) is 0 Å². The van der Waals surface area contributed by atoms with Crippen LogP contribution < -0.4 is 16.3 Å². The second kappa shape index (κ2) is 9.15. The van der Waals surface area contributed by atoms with Crippen LogP contribution in [-0.4, -0.2) is 18.2 Å². The Morgan fingerprint density at radius 1 is 1.15 bits per heavy atom. The predicted molar refractivity (Wildman–Crippen MR) is 111 cm³/mol. The summed E-state index contributed by atoms with van der Waals surface area (Å²) in [5.74, 6) is -0.200. The molecule has 1 aliphatic rings. The predicted octanol–water partition coefficient (Wildman–Crippen LogP) is 4.11. The summed E-state index contributed by atoms with van der Waals surface area (Å²) in [7, 11) is 0. The first-order valence-electron chi connectivity index (χ1n) is 8.55. The molecule has 0 spiro atoms. The first-order chi connectivity index (χ1) is 13.0. The Morgan fingerprint density at radius 3 is 2.67 bits per heavy atom. The van der Waals surface area contributed by atoms with Gasteiger partial charge in [-0.15, -0.1) is 0 Å². The number of allylic oxidation sites excluding steroid dienone is 1. The van der Waals surface area contributed by atoms with Gasteiger partial charge in [-0.1, -0.05) is 65.7 Å². The van der Waals surface area contributed by atoms with Crippen molar-refractivity contribution in [1.82, 2.24) is 16.3 Å². The molecule has 1 amide bonds. The van der Waals surface area contributed by atoms with Crippen LogP contribution >= 0.6 is 23.2 Å². The monoisotopic (exact) mass is 402 g/mol. The quantitative estimate of drug-likeness (QED) is 0.520. The molecule has 1 saturated heterocycles. The van der Waals surface area contributed by atoms with Crippen molar-refractivity contribution in [2.45, 2.75) is 25.4 Å². The topological polar surface area (TPSA) is 65.5 Å². The van der Waals surface area contributed by atoms with Crippen LogP contribution in [0.25, 0.3) is 6.08 Å². The van der Waals surface area contributed by atoms with Gasteiger partial charge in [0.15, 0.2) is 0 Å². The summed E-state index contributed by atoms with van der Waals surface area (Å²) >= 11 is 12.0. The fraction of sp³-hybridized carbons (Fsp3) is 0.200. The molecular formula is C20H20Cl2N4O. The molecule has 1 fully saturated rings. The number of hydrazone groups is 1. The largest absolute Gasteiger partial charge is 0.271 e. The van der Waals surface area contributed by atoms with Gasteiger partial charge in [0.25, 0.3) is 5.91 Å². The Bertz CT molecular complexity index is 868. The van der Waals surface area contributed by atoms with E-state index in [1.807, 2.05) is 49.4 Å². The minimum absolute atomic E-state index is 0.0285. The zero-order valence-electron chi connectivity index (χ0n) is 14.7. The summed E-state index contributed by atoms with van der Waals surface area (Å²) in [4.78, 5) is 12.3. The van der Waals surface area contributed by atoms with E-state index in [0.29, 0.717) is 16.5 Å². The van der Waals surface area contributed by atoms with Crippen LogP contribution in [0.4, 0.5) is 0 Å². The number of nitrogens with one attached hydrogen (secondary N) is 3. The van der Waals surface area contributed by atoms with Crippen molar-refractivity contribution in [1.29, 1.82) is 0 Å². The molecule has 1 aliphatic heterocycles. The second-order valence-electron chi connectivity index (χ2n) is 6.34. The van der Waals surface area contributed by atoms with E-state index in [-0.39, 0.29) is 18.0 Å². The van der Waals surface area contributed by atoms with E-state index < -0.39 is 0 Å². The van der Waals surface area contributed by atoms with Crippen molar-refractivity contribution in [3.63, 3.8) is 0 Å². The fourth-order valence-electron chi connectivity index (χ4n) is 2.80. The smallest absolute Gasteiger partial charge is 0.258 e. The van der Waals surface area contributed by atoms with E-state index in [2.05, 4.69) is 21.4 Å². The molecule has 1 heterocycles. The van der Waals surface area contributed by atoms with Gasteiger partial charge >= 0.3 is 0 Å². The molecule has 0 aromatic heterocycles. The average Bonchev–Trinajstić information content (AvgIpc) is 3.15. The Balaban J connectivity index is 1.53. The highest BCUT2D eigenvalue weighted by molar-refractivity contribution is 6.42. The van der Waals surface area contributed by atoms with Gasteiger partial charge in [0.05, 0.1) is 16.3 Å². The van der Waals surface area contributed by atoms with Gasteiger partial charge < -0.3 is 0 Å². The van der Waals surface area contributed by atoms with Crippen LogP contribution in [0.2, 0.25) is 10.0 Å². The van der Waals surface area contributed by atoms with Crippen molar-refractivity contribution in [3.8, 4) is 0 Å². The standard InChI is InChI=1S/C20H20Cl2N4O/c1-13(9-14-5-3-2-4-6-14)12-23-26-20(27)19-11-18(24-25-19)15-7-8-16(21)17(22)10-15/h2-10,12,18-19,24-25H,11H2,1H3,(H,26,27)/b13-9+,23-12+. The van der Waals surface area contributed by atoms with Gasteiger partial charge in [-0.3, -0.25) is 4.79 Å². The van der Waals surface area contributed by atoms with Crippen molar-refractivity contribution < 1.29 is 4.79 Å². The molecule has 2 unspecified atom stereocenters. The van der Waals surface area contributed by atoms with E-state index in [9.17, 15) is 4.79 Å². The number of rotatable bonds is 5. The van der Waals surface area contributed by atoms with Crippen LogP contribution in [0.15, 0.2) is 59.2 Å². The van der Waals surface area contributed by atoms with Crippen molar-refractivity contribution in [2.75, 3.05) is 0 Å². The molecule has 2 aromatic rings. The maximum atomic E-state index is 12.3. The number of carbonyl (C=O) groups is 1. The molecule has 27 heavy (non-hydrogen) atoms. The summed E-state index contributed by atoms with van der Waals surface area (Å²) in [6.45, 7) is 1.93. The summed E-state index contributed by atoms with van der Waals surface area (Å²) in [5.41, 5.74) is 11.7. The molecule has 7 heteroatoms. The van der Waals surface area contributed by atoms with Crippen LogP contribution in [-0.2, 0) is 4.79 Å². The number of amides is 1. The lowest BCUT2D eigenvalue weighted by molar-refractivity contribution is -0.122. The Kier molecular flexibility index (Phi) is 6.63. The summed E-state index contributed by atoms with van der Waals surface area (Å²) in [5, 5.41) is 5.04. The summed E-state index contributed by atoms with van der Waals surface area (Å²) in [6.07, 6.45) is 4.20. The minimum Gasteiger partial charge on any atom is -0.271 e. The maximum Gasteiger partial charge on any atom is 0.258 e. The van der Waals surface area contributed by atoms with Crippen LogP contribution in [0.3, 0.4) is 0 Å². The highest BCUT2D eigenvalue weighted by Gasteiger charge is 2.30. The first-order valence-corrected chi connectivity index (χ1v) is 9.31. The lowest BCUT2D eigenvalue weighted by Crippen LogP contribution is -2.41. The highest BCUT2D eigenvalue weighted by atomic mass is 35.5. The van der Waals surface area contributed by atoms with Crippen molar-refractivity contribution in [3.05, 3.63) is 75.3 Å². The summed E-state index contributed by atoms with van der Waals surface area (Å²) in [6, 6.07) is 15.0. The van der Waals surface area contributed by atoms with E-state index in [1.54, 1.807) is 18.3 Å². The minimum atomic E-state index is -0.389. The number of hydrazine groups is 1. The highest BCUT2D eigenvalue weighted by Crippen LogP contribution is 2.28. The molecule has 2 atom stereocenters. The third kappa shape index (κ3) is 5.40. The van der Waals surface area contributed by atoms with Gasteiger partial charge in [-0.2, -0.15) is 5.10 Å². The lowest BCUT2D eigenvalue weighted by atomic mass is 10.0. The van der Waals surface area contributed by atoms with Gasteiger partial charge in [-0.05, 0) is 42.2 Å². The number of hydrogen-bond acceptors (Lipinski definition) is 4. The third-order valence-corrected chi connectivity index (χ3v) is 4.94. The lowest BCUT2D eigenvalue weighted by Gasteiger charge is -2.10. The maximum absolute atomic E-state index is 12.3. The first kappa shape index (κ1) is 19.6. The number of halogens is 2. The Hall–Kier alpha value is -2.18. The van der Waals surface area contributed by atoms with Crippen LogP contribution in [0, 0.1) is 0 Å². The van der Waals surface area contributed by atoms with E-state index in [4.69, 9.17) is 23.2 Å². The SMILES string of the molecule is CC(/C=N/NC(=O)C1CC(c2ccc(Cl)c(Cl)c2)NN1)=C\c1ccccc1. The molecule has 0 saturated carbocycles. The third-order valence-electron chi connectivity index (χ3n) is 4.20. The normalized spacial score (nSPS) is 20.2. The van der Waals surface area contributed by atoms with Gasteiger partial charge in [0.2, 0.25) is 0 Å². The zero-order chi connectivity index (χ0) is 19.2. The molecule has 0 bridgehead atoms. The van der Waals surface area contributed by atoms with Gasteiger partial charge in [0, 0.05) is 6.04 Å². The van der Waals surface area contributed by atoms with Crippen LogP contribution in [0.1, 0.15) is 30.5 Å². The number of hydrogen-bond donors (Lipinski definition) is 3. The zero-order valence-corrected chi connectivity index (χ0v) is 16.3. The molecule has 3 rings (SSSR count). The van der Waals surface area contributed by atoms with Crippen molar-refractivity contribution in [2.24, 2.45) is 5.10 Å². The Labute approximate surface area is 168 Å². The number of carbonyl (C=O) groups excluding carboxylic acids is 1. The molecule has 2 aromatic carbocycles. The van der Waals surface area contributed by atoms with E-state index in [0.717, 1.165) is 16.7 Å². The van der Waals surface area contributed by atoms with Gasteiger partial charge in [-0.25, -0.2) is 16.3 Å².